The molecule has 4 atom stereocenters. The normalized spacial score (nSPS) is 30.5. The summed E-state index contributed by atoms with van der Waals surface area (Å²) in [6.07, 6.45) is -0.841. The van der Waals surface area contributed by atoms with E-state index in [0.717, 1.165) is 0 Å². The lowest BCUT2D eigenvalue weighted by Crippen LogP contribution is -2.64. The predicted molar refractivity (Wildman–Crippen MR) is 115 cm³/mol. The van der Waals surface area contributed by atoms with Crippen molar-refractivity contribution in [1.82, 2.24) is 0 Å². The molecule has 34 heavy (non-hydrogen) atoms. The first-order valence-electron chi connectivity index (χ1n) is 10.7. The molecule has 0 radical (unpaired) electrons. The van der Waals surface area contributed by atoms with Crippen LogP contribution in [-0.4, -0.2) is 55.6 Å². The van der Waals surface area contributed by atoms with Gasteiger partial charge in [0, 0.05) is 12.3 Å². The summed E-state index contributed by atoms with van der Waals surface area (Å²) in [5, 5.41) is 43.7. The second-order valence-electron chi connectivity index (χ2n) is 9.06. The number of primary amides is 1. The first kappa shape index (κ1) is 21.9. The molecule has 0 aromatic heterocycles. The quantitative estimate of drug-likeness (QED) is 0.317. The summed E-state index contributed by atoms with van der Waals surface area (Å²) >= 11 is 0. The Morgan fingerprint density at radius 1 is 1.15 bits per heavy atom. The highest BCUT2D eigenvalue weighted by Gasteiger charge is 2.66. The molecule has 2 fully saturated rings. The Kier molecular flexibility index (Phi) is 4.53. The third-order valence-electron chi connectivity index (χ3n) is 7.11. The molecular formula is C24H21NO9. The number of phenolic OH excluding ortho intramolecular Hbond substituents is 1. The fraction of sp³-hybridized carbons (Fsp3) is 0.333. The zero-order chi connectivity index (χ0) is 24.7. The Morgan fingerprint density at radius 2 is 1.82 bits per heavy atom. The standard InChI is InChI=1S/C24H21NO9/c1-8-10-3-2-4-12(26)15(10)18(28)17-14(8)19(34-23(32)9-5-6-9)11-7-13(27)16(22(25)31)20(29)24(11,33)21(17)30/h2-4,9,11,14,19,26,28-29,33H,1,5-7H2,(H2,25,31). The molecule has 5 rings (SSSR count). The Hall–Kier alpha value is -3.92. The number of benzene rings is 1. The van der Waals surface area contributed by atoms with Crippen molar-refractivity contribution in [2.75, 3.05) is 0 Å². The minimum Gasteiger partial charge on any atom is -0.508 e. The minimum absolute atomic E-state index is 0.119. The highest BCUT2D eigenvalue weighted by Crippen LogP contribution is 2.56. The van der Waals surface area contributed by atoms with Crippen molar-refractivity contribution in [3.63, 3.8) is 0 Å². The van der Waals surface area contributed by atoms with Crippen molar-refractivity contribution >= 4 is 34.8 Å². The fourth-order valence-corrected chi connectivity index (χ4v) is 5.26. The van der Waals surface area contributed by atoms with Crippen LogP contribution in [0.2, 0.25) is 0 Å². The van der Waals surface area contributed by atoms with Crippen molar-refractivity contribution in [2.24, 2.45) is 23.5 Å². The van der Waals surface area contributed by atoms with E-state index in [-0.39, 0.29) is 28.4 Å². The van der Waals surface area contributed by atoms with E-state index in [1.165, 1.54) is 12.1 Å². The van der Waals surface area contributed by atoms with Crippen LogP contribution < -0.4 is 5.73 Å². The van der Waals surface area contributed by atoms with Crippen LogP contribution in [0.3, 0.4) is 0 Å². The Balaban J connectivity index is 1.78. The molecule has 176 valence electrons. The third kappa shape index (κ3) is 2.72. The van der Waals surface area contributed by atoms with Gasteiger partial charge in [-0.2, -0.15) is 0 Å². The number of ketones is 2. The number of carbonyl (C=O) groups is 4. The van der Waals surface area contributed by atoms with Crippen molar-refractivity contribution in [3.8, 4) is 5.75 Å². The van der Waals surface area contributed by atoms with Crippen LogP contribution in [0.15, 0.2) is 41.7 Å². The van der Waals surface area contributed by atoms with E-state index < -0.39 is 76.1 Å². The molecule has 4 aliphatic carbocycles. The number of Topliss-reactive ketones (excluding diaryl/α,β-unsaturated/α-hetero) is 2. The van der Waals surface area contributed by atoms with E-state index in [9.17, 15) is 39.6 Å². The molecular weight excluding hydrogens is 446 g/mol. The number of aliphatic hydroxyl groups is 3. The highest BCUT2D eigenvalue weighted by atomic mass is 16.5. The molecule has 10 nitrogen and oxygen atoms in total. The maximum absolute atomic E-state index is 13.7. The van der Waals surface area contributed by atoms with Gasteiger partial charge in [0.15, 0.2) is 11.4 Å². The maximum atomic E-state index is 13.7. The van der Waals surface area contributed by atoms with Gasteiger partial charge >= 0.3 is 5.97 Å². The van der Waals surface area contributed by atoms with Gasteiger partial charge in [0.05, 0.1) is 23.0 Å². The maximum Gasteiger partial charge on any atom is 0.309 e. The molecule has 1 amide bonds. The van der Waals surface area contributed by atoms with E-state index in [4.69, 9.17) is 10.5 Å². The molecule has 1 aromatic rings. The number of nitrogens with two attached hydrogens (primary N) is 1. The first-order chi connectivity index (χ1) is 16.0. The number of fused-ring (bicyclic) bond motifs is 3. The van der Waals surface area contributed by atoms with Crippen LogP contribution in [-0.2, 0) is 23.9 Å². The van der Waals surface area contributed by atoms with E-state index in [0.29, 0.717) is 12.8 Å². The highest BCUT2D eigenvalue weighted by molar-refractivity contribution is 6.23. The number of rotatable bonds is 3. The van der Waals surface area contributed by atoms with Crippen molar-refractivity contribution in [2.45, 2.75) is 31.0 Å². The van der Waals surface area contributed by atoms with E-state index >= 15 is 0 Å². The molecule has 0 spiro atoms. The van der Waals surface area contributed by atoms with Gasteiger partial charge in [-0.25, -0.2) is 0 Å². The second kappa shape index (κ2) is 7.04. The van der Waals surface area contributed by atoms with Gasteiger partial charge < -0.3 is 30.9 Å². The summed E-state index contributed by atoms with van der Waals surface area (Å²) in [5.41, 5.74) is 1.31. The first-order valence-corrected chi connectivity index (χ1v) is 10.7. The van der Waals surface area contributed by atoms with E-state index in [1.54, 1.807) is 6.07 Å². The topological polar surface area (TPSA) is 184 Å². The summed E-state index contributed by atoms with van der Waals surface area (Å²) in [6.45, 7) is 3.99. The summed E-state index contributed by atoms with van der Waals surface area (Å²) < 4.78 is 5.70. The number of hydrogen-bond acceptors (Lipinski definition) is 9. The van der Waals surface area contributed by atoms with Crippen LogP contribution >= 0.6 is 0 Å². The molecule has 10 heteroatoms. The van der Waals surface area contributed by atoms with Gasteiger partial charge in [-0.3, -0.25) is 19.2 Å². The van der Waals surface area contributed by atoms with Crippen molar-refractivity contribution in [1.29, 1.82) is 0 Å². The third-order valence-corrected chi connectivity index (χ3v) is 7.11. The summed E-state index contributed by atoms with van der Waals surface area (Å²) in [7, 11) is 0. The number of esters is 1. The molecule has 0 bridgehead atoms. The Morgan fingerprint density at radius 3 is 2.44 bits per heavy atom. The van der Waals surface area contributed by atoms with Gasteiger partial charge in [-0.1, -0.05) is 18.7 Å². The molecule has 1 aromatic carbocycles. The SMILES string of the molecule is C=C1c2cccc(O)c2C(O)=C2C(=O)C3(O)C(O)=C(C(N)=O)C(=O)CC3C(OC(=O)C3CC3)C12. The number of phenols is 1. The Labute approximate surface area is 192 Å². The largest absolute Gasteiger partial charge is 0.508 e. The van der Waals surface area contributed by atoms with Gasteiger partial charge in [0.2, 0.25) is 5.78 Å². The number of aromatic hydroxyl groups is 1. The average Bonchev–Trinajstić information content (AvgIpc) is 3.61. The fourth-order valence-electron chi connectivity index (χ4n) is 5.26. The monoisotopic (exact) mass is 467 g/mol. The number of hydrogen-bond donors (Lipinski definition) is 5. The van der Waals surface area contributed by atoms with E-state index in [1.807, 2.05) is 0 Å². The number of carbonyl (C=O) groups excluding carboxylic acids is 4. The van der Waals surface area contributed by atoms with Crippen molar-refractivity contribution < 1.29 is 44.3 Å². The zero-order valence-corrected chi connectivity index (χ0v) is 17.8. The van der Waals surface area contributed by atoms with E-state index in [2.05, 4.69) is 6.58 Å². The molecule has 0 heterocycles. The van der Waals surface area contributed by atoms with Crippen LogP contribution in [0, 0.1) is 17.8 Å². The molecule has 6 N–H and O–H groups in total. The van der Waals surface area contributed by atoms with Gasteiger partial charge in [-0.05, 0) is 30.0 Å². The predicted octanol–water partition coefficient (Wildman–Crippen LogP) is 0.826. The summed E-state index contributed by atoms with van der Waals surface area (Å²) in [6, 6.07) is 4.33. The lowest BCUT2D eigenvalue weighted by Gasteiger charge is -2.50. The van der Waals surface area contributed by atoms with Crippen LogP contribution in [0.1, 0.15) is 30.4 Å². The zero-order valence-electron chi connectivity index (χ0n) is 17.8. The summed E-state index contributed by atoms with van der Waals surface area (Å²) in [4.78, 5) is 50.8. The van der Waals surface area contributed by atoms with Gasteiger partial charge in [0.1, 0.15) is 28.9 Å². The van der Waals surface area contributed by atoms with Gasteiger partial charge in [0.25, 0.3) is 5.91 Å². The van der Waals surface area contributed by atoms with Crippen LogP contribution in [0.5, 0.6) is 5.75 Å². The lowest BCUT2D eigenvalue weighted by atomic mass is 9.57. The van der Waals surface area contributed by atoms with Gasteiger partial charge in [-0.15, -0.1) is 0 Å². The second-order valence-corrected chi connectivity index (χ2v) is 9.06. The molecule has 4 aliphatic rings. The minimum atomic E-state index is -2.88. The van der Waals surface area contributed by atoms with Crippen LogP contribution in [0.4, 0.5) is 0 Å². The number of aliphatic hydroxyl groups excluding tert-OH is 2. The lowest BCUT2D eigenvalue weighted by molar-refractivity contribution is -0.175. The molecule has 0 saturated heterocycles. The average molecular weight is 467 g/mol. The smallest absolute Gasteiger partial charge is 0.309 e. The summed E-state index contributed by atoms with van der Waals surface area (Å²) in [5.74, 6) is -9.45. The molecule has 0 aliphatic heterocycles. The Bertz CT molecular complexity index is 1290. The number of ether oxygens (including phenoxy) is 1. The molecule has 4 unspecified atom stereocenters. The molecule has 2 saturated carbocycles. The number of amides is 1. The van der Waals surface area contributed by atoms with Crippen molar-refractivity contribution in [3.05, 3.63) is 52.8 Å². The van der Waals surface area contributed by atoms with Crippen LogP contribution in [0.25, 0.3) is 11.3 Å².